The van der Waals surface area contributed by atoms with Gasteiger partial charge < -0.3 is 10.1 Å². The summed E-state index contributed by atoms with van der Waals surface area (Å²) in [7, 11) is 0. The monoisotopic (exact) mass is 395 g/mol. The van der Waals surface area contributed by atoms with E-state index in [1.807, 2.05) is 55.5 Å². The van der Waals surface area contributed by atoms with E-state index in [2.05, 4.69) is 20.8 Å². The van der Waals surface area contributed by atoms with Crippen molar-refractivity contribution < 1.29 is 9.53 Å². The molecule has 0 fully saturated rings. The molecule has 1 aliphatic heterocycles. The Labute approximate surface area is 167 Å². The quantitative estimate of drug-likeness (QED) is 0.707. The molecule has 28 heavy (non-hydrogen) atoms. The number of benzene rings is 2. The van der Waals surface area contributed by atoms with E-state index in [1.54, 1.807) is 11.6 Å². The van der Waals surface area contributed by atoms with Crippen molar-refractivity contribution in [1.82, 2.24) is 20.2 Å². The molecule has 0 saturated heterocycles. The molecule has 0 saturated carbocycles. The summed E-state index contributed by atoms with van der Waals surface area (Å²) in [4.78, 5) is 12.4. The van der Waals surface area contributed by atoms with Gasteiger partial charge in [0.1, 0.15) is 18.4 Å². The first kappa shape index (κ1) is 18.2. The van der Waals surface area contributed by atoms with Crippen LogP contribution in [0.2, 0.25) is 5.02 Å². The summed E-state index contributed by atoms with van der Waals surface area (Å²) >= 11 is 5.95. The Morgan fingerprint density at radius 2 is 1.96 bits per heavy atom. The molecule has 0 aliphatic carbocycles. The average Bonchev–Trinajstić information content (AvgIpc) is 3.14. The lowest BCUT2D eigenvalue weighted by atomic mass is 9.92. The predicted octanol–water partition coefficient (Wildman–Crippen LogP) is 3.78. The number of rotatable bonds is 5. The number of ether oxygens (including phenoxy) is 1. The van der Waals surface area contributed by atoms with Crippen LogP contribution in [0.15, 0.2) is 59.8 Å². The van der Waals surface area contributed by atoms with Crippen LogP contribution >= 0.6 is 11.6 Å². The fourth-order valence-electron chi connectivity index (χ4n) is 3.34. The van der Waals surface area contributed by atoms with Crippen molar-refractivity contribution >= 4 is 23.3 Å². The van der Waals surface area contributed by atoms with E-state index >= 15 is 0 Å². The predicted molar refractivity (Wildman–Crippen MR) is 105 cm³/mol. The fourth-order valence-corrected chi connectivity index (χ4v) is 3.46. The molecule has 142 valence electrons. The standard InChI is InChI=1S/C20H18ClN5O2/c1-12-18(13(2)27)19(26-20(22-12)23-24-25-26)16-5-3-4-6-17(16)28-11-14-7-9-15(21)10-8-14/h3-10,19H,11H2,1-2H3,(H,22,23,25). The first-order valence-electron chi connectivity index (χ1n) is 8.77. The van der Waals surface area contributed by atoms with Gasteiger partial charge in [-0.25, -0.2) is 0 Å². The topological polar surface area (TPSA) is 81.9 Å². The number of allylic oxidation sites excluding steroid dienone is 2. The van der Waals surface area contributed by atoms with Gasteiger partial charge in [0.05, 0.1) is 0 Å². The number of para-hydroxylation sites is 1. The molecule has 0 spiro atoms. The van der Waals surface area contributed by atoms with Gasteiger partial charge in [0, 0.05) is 21.9 Å². The van der Waals surface area contributed by atoms with Crippen LogP contribution in [0.1, 0.15) is 31.0 Å². The lowest BCUT2D eigenvalue weighted by molar-refractivity contribution is -0.114. The number of hydrogen-bond donors (Lipinski definition) is 1. The van der Waals surface area contributed by atoms with Crippen molar-refractivity contribution in [3.63, 3.8) is 0 Å². The van der Waals surface area contributed by atoms with Crippen LogP contribution in [0.3, 0.4) is 0 Å². The van der Waals surface area contributed by atoms with Crippen LogP contribution in [0.25, 0.3) is 0 Å². The number of halogens is 1. The largest absolute Gasteiger partial charge is 0.489 e. The van der Waals surface area contributed by atoms with Gasteiger partial charge in [-0.15, -0.1) is 0 Å². The summed E-state index contributed by atoms with van der Waals surface area (Å²) in [6, 6.07) is 14.6. The SMILES string of the molecule is CC(=O)C1=C(C)Nc2nnnn2C1c1ccccc1OCc1ccc(Cl)cc1. The number of carbonyl (C=O) groups is 1. The van der Waals surface area contributed by atoms with Gasteiger partial charge in [0.2, 0.25) is 5.95 Å². The Hall–Kier alpha value is -3.19. The summed E-state index contributed by atoms with van der Waals surface area (Å²) in [5.74, 6) is 1.10. The molecule has 0 radical (unpaired) electrons. The van der Waals surface area contributed by atoms with Crippen molar-refractivity contribution in [2.75, 3.05) is 5.32 Å². The number of carbonyl (C=O) groups excluding carboxylic acids is 1. The number of nitrogens with zero attached hydrogens (tertiary/aromatic N) is 4. The molecular formula is C20H18ClN5O2. The van der Waals surface area contributed by atoms with Gasteiger partial charge in [0.25, 0.3) is 0 Å². The Morgan fingerprint density at radius 3 is 2.71 bits per heavy atom. The maximum Gasteiger partial charge on any atom is 0.248 e. The zero-order valence-corrected chi connectivity index (χ0v) is 16.1. The minimum Gasteiger partial charge on any atom is -0.489 e. The van der Waals surface area contributed by atoms with Crippen LogP contribution in [0, 0.1) is 0 Å². The van der Waals surface area contributed by atoms with Crippen molar-refractivity contribution in [1.29, 1.82) is 0 Å². The number of tetrazole rings is 1. The minimum atomic E-state index is -0.467. The second kappa shape index (κ2) is 7.44. The molecule has 0 amide bonds. The van der Waals surface area contributed by atoms with Gasteiger partial charge in [-0.1, -0.05) is 47.0 Å². The Balaban J connectivity index is 1.73. The summed E-state index contributed by atoms with van der Waals surface area (Å²) < 4.78 is 7.70. The van der Waals surface area contributed by atoms with Crippen LogP contribution < -0.4 is 10.1 Å². The number of aromatic nitrogens is 4. The summed E-state index contributed by atoms with van der Waals surface area (Å²) in [5.41, 5.74) is 3.14. The fraction of sp³-hybridized carbons (Fsp3) is 0.200. The van der Waals surface area contributed by atoms with E-state index in [0.717, 1.165) is 16.8 Å². The minimum absolute atomic E-state index is 0.0522. The number of hydrogen-bond acceptors (Lipinski definition) is 6. The van der Waals surface area contributed by atoms with Crippen molar-refractivity contribution in [3.05, 3.63) is 76.0 Å². The molecule has 1 aliphatic rings. The lowest BCUT2D eigenvalue weighted by Crippen LogP contribution is -2.28. The van der Waals surface area contributed by atoms with Crippen LogP contribution in [0.5, 0.6) is 5.75 Å². The molecule has 1 atom stereocenters. The molecule has 1 aromatic heterocycles. The Bertz CT molecular complexity index is 1060. The smallest absolute Gasteiger partial charge is 0.248 e. The number of Topliss-reactive ketones (excluding diaryl/α,β-unsaturated/α-hetero) is 1. The maximum atomic E-state index is 12.4. The van der Waals surface area contributed by atoms with Gasteiger partial charge >= 0.3 is 0 Å². The van der Waals surface area contributed by atoms with Crippen molar-refractivity contribution in [3.8, 4) is 5.75 Å². The van der Waals surface area contributed by atoms with Crippen LogP contribution in [-0.2, 0) is 11.4 Å². The highest BCUT2D eigenvalue weighted by atomic mass is 35.5. The molecule has 1 N–H and O–H groups in total. The average molecular weight is 396 g/mol. The van der Waals surface area contributed by atoms with Gasteiger partial charge in [-0.2, -0.15) is 4.68 Å². The molecule has 8 heteroatoms. The molecule has 1 unspecified atom stereocenters. The van der Waals surface area contributed by atoms with Crippen molar-refractivity contribution in [2.24, 2.45) is 0 Å². The van der Waals surface area contributed by atoms with E-state index in [9.17, 15) is 4.79 Å². The van der Waals surface area contributed by atoms with Gasteiger partial charge in [-0.05, 0) is 48.0 Å². The second-order valence-corrected chi connectivity index (χ2v) is 6.96. The first-order valence-corrected chi connectivity index (χ1v) is 9.15. The van der Waals surface area contributed by atoms with Crippen LogP contribution in [-0.4, -0.2) is 26.0 Å². The lowest BCUT2D eigenvalue weighted by Gasteiger charge is -2.28. The summed E-state index contributed by atoms with van der Waals surface area (Å²) in [6.07, 6.45) is 0. The molecule has 2 heterocycles. The molecular weight excluding hydrogens is 378 g/mol. The van der Waals surface area contributed by atoms with E-state index < -0.39 is 6.04 Å². The Kier molecular flexibility index (Phi) is 4.83. The molecule has 3 aromatic rings. The molecule has 7 nitrogen and oxygen atoms in total. The van der Waals surface area contributed by atoms with Crippen LogP contribution in [0.4, 0.5) is 5.95 Å². The normalized spacial score (nSPS) is 15.8. The zero-order chi connectivity index (χ0) is 19.7. The second-order valence-electron chi connectivity index (χ2n) is 6.52. The highest BCUT2D eigenvalue weighted by Gasteiger charge is 2.33. The molecule has 0 bridgehead atoms. The third-order valence-electron chi connectivity index (χ3n) is 4.61. The summed E-state index contributed by atoms with van der Waals surface area (Å²) in [5, 5.41) is 15.6. The number of ketones is 1. The highest BCUT2D eigenvalue weighted by Crippen LogP contribution is 2.38. The van der Waals surface area contributed by atoms with E-state index in [0.29, 0.717) is 28.9 Å². The molecule has 2 aromatic carbocycles. The highest BCUT2D eigenvalue weighted by molar-refractivity contribution is 6.30. The van der Waals surface area contributed by atoms with Gasteiger partial charge in [-0.3, -0.25) is 4.79 Å². The third kappa shape index (κ3) is 3.36. The summed E-state index contributed by atoms with van der Waals surface area (Å²) in [6.45, 7) is 3.76. The van der Waals surface area contributed by atoms with Gasteiger partial charge in [0.15, 0.2) is 5.78 Å². The zero-order valence-electron chi connectivity index (χ0n) is 15.4. The van der Waals surface area contributed by atoms with E-state index in [4.69, 9.17) is 16.3 Å². The molecule has 4 rings (SSSR count). The number of anilines is 1. The number of nitrogens with one attached hydrogen (secondary N) is 1. The van der Waals surface area contributed by atoms with Crippen molar-refractivity contribution in [2.45, 2.75) is 26.5 Å². The van der Waals surface area contributed by atoms with E-state index in [1.165, 1.54) is 0 Å². The maximum absolute atomic E-state index is 12.4. The number of fused-ring (bicyclic) bond motifs is 1. The van der Waals surface area contributed by atoms with E-state index in [-0.39, 0.29) is 5.78 Å². The third-order valence-corrected chi connectivity index (χ3v) is 4.87. The first-order chi connectivity index (χ1) is 13.5. The Morgan fingerprint density at radius 1 is 1.21 bits per heavy atom.